The number of nitrogens with one attached hydrogen (secondary N) is 2. The Morgan fingerprint density at radius 1 is 1.55 bits per heavy atom. The first-order chi connectivity index (χ1) is 9.39. The molecule has 0 fully saturated rings. The molecule has 0 spiro atoms. The molecule has 0 saturated heterocycles. The molecule has 0 radical (unpaired) electrons. The molecule has 9 nitrogen and oxygen atoms in total. The van der Waals surface area contributed by atoms with Gasteiger partial charge in [-0.1, -0.05) is 6.92 Å². The van der Waals surface area contributed by atoms with E-state index in [9.17, 15) is 18.5 Å². The van der Waals surface area contributed by atoms with Crippen LogP contribution in [0.2, 0.25) is 0 Å². The van der Waals surface area contributed by atoms with Crippen LogP contribution in [-0.4, -0.2) is 37.2 Å². The van der Waals surface area contributed by atoms with Gasteiger partial charge in [0.25, 0.3) is 0 Å². The van der Waals surface area contributed by atoms with Gasteiger partial charge < -0.3 is 5.32 Å². The molecule has 0 atom stereocenters. The summed E-state index contributed by atoms with van der Waals surface area (Å²) in [4.78, 5) is 13.9. The van der Waals surface area contributed by atoms with Gasteiger partial charge in [-0.2, -0.15) is 5.26 Å². The van der Waals surface area contributed by atoms with Crippen molar-refractivity contribution in [1.82, 2.24) is 9.71 Å². The lowest BCUT2D eigenvalue weighted by Crippen LogP contribution is -2.29. The highest BCUT2D eigenvalue weighted by molar-refractivity contribution is 7.89. The molecule has 20 heavy (non-hydrogen) atoms. The van der Waals surface area contributed by atoms with Crippen molar-refractivity contribution < 1.29 is 13.3 Å². The molecule has 2 N–H and O–H groups in total. The number of hydrogen-bond donors (Lipinski definition) is 2. The van der Waals surface area contributed by atoms with Crippen molar-refractivity contribution in [3.05, 3.63) is 27.9 Å². The van der Waals surface area contributed by atoms with E-state index in [1.165, 1.54) is 6.20 Å². The number of nitrogens with zero attached hydrogens (tertiary/aromatic N) is 3. The van der Waals surface area contributed by atoms with Crippen LogP contribution in [0.5, 0.6) is 0 Å². The molecule has 1 aromatic rings. The number of rotatable bonds is 7. The first kappa shape index (κ1) is 15.8. The van der Waals surface area contributed by atoms with Gasteiger partial charge in [0.1, 0.15) is 6.07 Å². The van der Waals surface area contributed by atoms with Crippen LogP contribution in [0.25, 0.3) is 0 Å². The second-order valence-corrected chi connectivity index (χ2v) is 5.63. The van der Waals surface area contributed by atoms with Crippen LogP contribution in [0.3, 0.4) is 0 Å². The zero-order valence-corrected chi connectivity index (χ0v) is 11.5. The summed E-state index contributed by atoms with van der Waals surface area (Å²) < 4.78 is 25.1. The quantitative estimate of drug-likeness (QED) is 0.542. The minimum Gasteiger partial charge on any atom is -0.363 e. The molecule has 0 aliphatic rings. The number of hydrogen-bond acceptors (Lipinski definition) is 7. The van der Waals surface area contributed by atoms with Gasteiger partial charge in [-0.3, -0.25) is 10.1 Å². The van der Waals surface area contributed by atoms with Crippen molar-refractivity contribution in [2.75, 3.05) is 24.2 Å². The molecule has 10 heteroatoms. The normalized spacial score (nSPS) is 10.8. The van der Waals surface area contributed by atoms with Crippen molar-refractivity contribution in [2.24, 2.45) is 0 Å². The molecule has 0 amide bonds. The van der Waals surface area contributed by atoms with Crippen LogP contribution < -0.4 is 10.0 Å². The third kappa shape index (κ3) is 4.45. The second kappa shape index (κ2) is 6.78. The minimum atomic E-state index is -3.41. The second-order valence-electron chi connectivity index (χ2n) is 3.70. The largest absolute Gasteiger partial charge is 0.363 e. The lowest BCUT2D eigenvalue weighted by Gasteiger charge is -2.07. The Balaban J connectivity index is 2.79. The summed E-state index contributed by atoms with van der Waals surface area (Å²) in [7, 11) is -3.41. The number of sulfonamides is 1. The maximum Gasteiger partial charge on any atom is 0.312 e. The maximum absolute atomic E-state index is 11.4. The van der Waals surface area contributed by atoms with Gasteiger partial charge in [-0.05, 0) is 0 Å². The van der Waals surface area contributed by atoms with E-state index < -0.39 is 14.9 Å². The molecule has 0 unspecified atom stereocenters. The Kier molecular flexibility index (Phi) is 5.36. The summed E-state index contributed by atoms with van der Waals surface area (Å²) in [5, 5.41) is 22.1. The molecule has 0 saturated carbocycles. The Labute approximate surface area is 115 Å². The summed E-state index contributed by atoms with van der Waals surface area (Å²) in [6.07, 6.45) is 1.17. The maximum atomic E-state index is 11.4. The summed E-state index contributed by atoms with van der Waals surface area (Å²) in [5.41, 5.74) is -0.313. The van der Waals surface area contributed by atoms with Crippen LogP contribution in [-0.2, 0) is 10.0 Å². The van der Waals surface area contributed by atoms with Gasteiger partial charge in [0.2, 0.25) is 15.8 Å². The van der Waals surface area contributed by atoms with Crippen LogP contribution in [0.4, 0.5) is 11.5 Å². The summed E-state index contributed by atoms with van der Waals surface area (Å²) in [6.45, 7) is 1.89. The fourth-order valence-electron chi connectivity index (χ4n) is 1.39. The Morgan fingerprint density at radius 2 is 2.25 bits per heavy atom. The SMILES string of the molecule is CCNS(=O)(=O)CCNc1ncc(C#N)cc1[N+](=O)[O-]. The number of anilines is 1. The van der Waals surface area contributed by atoms with E-state index in [0.717, 1.165) is 6.07 Å². The fraction of sp³-hybridized carbons (Fsp3) is 0.400. The van der Waals surface area contributed by atoms with Gasteiger partial charge in [-0.15, -0.1) is 0 Å². The lowest BCUT2D eigenvalue weighted by molar-refractivity contribution is -0.384. The van der Waals surface area contributed by atoms with Crippen LogP contribution in [0, 0.1) is 21.4 Å². The van der Waals surface area contributed by atoms with Crippen molar-refractivity contribution >= 4 is 21.5 Å². The Morgan fingerprint density at radius 3 is 2.80 bits per heavy atom. The van der Waals surface area contributed by atoms with Crippen molar-refractivity contribution in [1.29, 1.82) is 5.26 Å². The molecule has 0 aromatic carbocycles. The molecule has 0 aliphatic carbocycles. The highest BCUT2D eigenvalue weighted by atomic mass is 32.2. The molecule has 0 bridgehead atoms. The topological polar surface area (TPSA) is 138 Å². The van der Waals surface area contributed by atoms with E-state index in [1.807, 2.05) is 0 Å². The van der Waals surface area contributed by atoms with E-state index in [4.69, 9.17) is 5.26 Å². The molecular weight excluding hydrogens is 286 g/mol. The number of aromatic nitrogens is 1. The van der Waals surface area contributed by atoms with Gasteiger partial charge in [0.05, 0.1) is 16.2 Å². The summed E-state index contributed by atoms with van der Waals surface area (Å²) in [5.74, 6) is -0.305. The zero-order valence-electron chi connectivity index (χ0n) is 10.7. The zero-order chi connectivity index (χ0) is 15.2. The first-order valence-electron chi connectivity index (χ1n) is 5.65. The number of nitro groups is 1. The van der Waals surface area contributed by atoms with Gasteiger partial charge in [0, 0.05) is 25.4 Å². The fourth-order valence-corrected chi connectivity index (χ4v) is 2.34. The number of nitriles is 1. The third-order valence-corrected chi connectivity index (χ3v) is 3.69. The van der Waals surface area contributed by atoms with Crippen molar-refractivity contribution in [2.45, 2.75) is 6.92 Å². The molecule has 1 rings (SSSR count). The number of pyridine rings is 1. The predicted molar refractivity (Wildman–Crippen MR) is 71.6 cm³/mol. The van der Waals surface area contributed by atoms with E-state index in [-0.39, 0.29) is 35.9 Å². The van der Waals surface area contributed by atoms with Crippen LogP contribution in [0.1, 0.15) is 12.5 Å². The molecule has 1 heterocycles. The predicted octanol–water partition coefficient (Wildman–Crippen LogP) is 0.213. The van der Waals surface area contributed by atoms with Gasteiger partial charge >= 0.3 is 5.69 Å². The third-order valence-electron chi connectivity index (χ3n) is 2.22. The summed E-state index contributed by atoms with van der Waals surface area (Å²) in [6, 6.07) is 2.82. The van der Waals surface area contributed by atoms with Crippen LogP contribution >= 0.6 is 0 Å². The highest BCUT2D eigenvalue weighted by Crippen LogP contribution is 2.22. The average molecular weight is 299 g/mol. The Hall–Kier alpha value is -2.25. The van der Waals surface area contributed by atoms with E-state index >= 15 is 0 Å². The van der Waals surface area contributed by atoms with E-state index in [1.54, 1.807) is 13.0 Å². The Bertz CT molecular complexity index is 638. The molecule has 1 aromatic heterocycles. The van der Waals surface area contributed by atoms with Crippen molar-refractivity contribution in [3.63, 3.8) is 0 Å². The first-order valence-corrected chi connectivity index (χ1v) is 7.30. The van der Waals surface area contributed by atoms with Crippen molar-refractivity contribution in [3.8, 4) is 6.07 Å². The minimum absolute atomic E-state index is 0.0327. The monoisotopic (exact) mass is 299 g/mol. The summed E-state index contributed by atoms with van der Waals surface area (Å²) >= 11 is 0. The van der Waals surface area contributed by atoms with Crippen LogP contribution in [0.15, 0.2) is 12.3 Å². The lowest BCUT2D eigenvalue weighted by atomic mass is 10.3. The molecule has 108 valence electrons. The van der Waals surface area contributed by atoms with E-state index in [0.29, 0.717) is 0 Å². The van der Waals surface area contributed by atoms with E-state index in [2.05, 4.69) is 15.0 Å². The van der Waals surface area contributed by atoms with Gasteiger partial charge in [0.15, 0.2) is 0 Å². The van der Waals surface area contributed by atoms with Gasteiger partial charge in [-0.25, -0.2) is 18.1 Å². The highest BCUT2D eigenvalue weighted by Gasteiger charge is 2.17. The smallest absolute Gasteiger partial charge is 0.312 e. The molecular formula is C10H13N5O4S. The standard InChI is InChI=1S/C10H13N5O4S/c1-2-14-20(18,19)4-3-12-10-9(15(16)17)5-8(6-11)7-13-10/h5,7,14H,2-4H2,1H3,(H,12,13). The molecule has 0 aliphatic heterocycles. The average Bonchev–Trinajstić information content (AvgIpc) is 2.38.